The van der Waals surface area contributed by atoms with E-state index >= 15 is 0 Å². The molecule has 0 rings (SSSR count). The molecule has 126 valence electrons. The van der Waals surface area contributed by atoms with Crippen LogP contribution in [0.15, 0.2) is 0 Å². The van der Waals surface area contributed by atoms with E-state index in [2.05, 4.69) is 39.2 Å². The van der Waals surface area contributed by atoms with Gasteiger partial charge in [0.15, 0.2) is 8.32 Å². The Balaban J connectivity index is 3.97. The molecule has 0 radical (unpaired) electrons. The first-order valence-electron chi connectivity index (χ1n) is 7.53. The molecule has 0 aliphatic carbocycles. The average Bonchev–Trinajstić information content (AvgIpc) is 2.22. The van der Waals surface area contributed by atoms with Crippen LogP contribution in [0.2, 0.25) is 18.1 Å². The summed E-state index contributed by atoms with van der Waals surface area (Å²) in [4.78, 5) is 11.4. The number of rotatable bonds is 6. The minimum atomic E-state index is -1.83. The molecule has 2 N–H and O–H groups in total. The van der Waals surface area contributed by atoms with Crippen molar-refractivity contribution in [3.05, 3.63) is 0 Å². The summed E-state index contributed by atoms with van der Waals surface area (Å²) in [5, 5.41) is 12.7. The Hall–Kier alpha value is -0.593. The predicted octanol–water partition coefficient (Wildman–Crippen LogP) is 3.28. The number of aliphatic hydroxyl groups is 1. The van der Waals surface area contributed by atoms with E-state index in [1.165, 1.54) is 0 Å². The molecule has 1 unspecified atom stereocenters. The molecule has 0 fully saturated rings. The van der Waals surface area contributed by atoms with E-state index < -0.39 is 26.1 Å². The molecule has 6 heteroatoms. The van der Waals surface area contributed by atoms with Crippen molar-refractivity contribution < 1.29 is 19.1 Å². The maximum Gasteiger partial charge on any atom is 0.407 e. The first kappa shape index (κ1) is 20.4. The maximum absolute atomic E-state index is 11.4. The zero-order chi connectivity index (χ0) is 16.9. The molecule has 1 atom stereocenters. The van der Waals surface area contributed by atoms with Crippen LogP contribution in [-0.4, -0.2) is 44.4 Å². The lowest BCUT2D eigenvalue weighted by atomic mass is 10.2. The third kappa shape index (κ3) is 9.11. The summed E-state index contributed by atoms with van der Waals surface area (Å²) in [6.07, 6.45) is -0.581. The van der Waals surface area contributed by atoms with Gasteiger partial charge in [-0.15, -0.1) is 0 Å². The van der Waals surface area contributed by atoms with Crippen LogP contribution in [0.1, 0.15) is 48.0 Å². The molecule has 21 heavy (non-hydrogen) atoms. The minimum absolute atomic E-state index is 0.126. The van der Waals surface area contributed by atoms with Gasteiger partial charge in [0.2, 0.25) is 0 Å². The van der Waals surface area contributed by atoms with Gasteiger partial charge in [0, 0.05) is 6.54 Å². The molecule has 0 saturated carbocycles. The lowest BCUT2D eigenvalue weighted by molar-refractivity contribution is 0.0504. The largest absolute Gasteiger partial charge is 0.444 e. The topological polar surface area (TPSA) is 67.8 Å². The average molecular weight is 320 g/mol. The van der Waals surface area contributed by atoms with E-state index in [1.54, 1.807) is 0 Å². The van der Waals surface area contributed by atoms with E-state index in [9.17, 15) is 9.90 Å². The van der Waals surface area contributed by atoms with Crippen molar-refractivity contribution in [3.63, 3.8) is 0 Å². The number of ether oxygens (including phenoxy) is 1. The van der Waals surface area contributed by atoms with Crippen LogP contribution < -0.4 is 5.32 Å². The van der Waals surface area contributed by atoms with Crippen molar-refractivity contribution in [2.45, 2.75) is 77.8 Å². The lowest BCUT2D eigenvalue weighted by Gasteiger charge is -2.36. The normalized spacial score (nSPS) is 14.7. The highest BCUT2D eigenvalue weighted by Crippen LogP contribution is 2.36. The molecule has 0 saturated heterocycles. The number of aliphatic hydroxyl groups excluding tert-OH is 1. The molecule has 0 spiro atoms. The van der Waals surface area contributed by atoms with Gasteiger partial charge in [0.05, 0.1) is 12.7 Å². The Morgan fingerprint density at radius 3 is 2.14 bits per heavy atom. The van der Waals surface area contributed by atoms with E-state index in [-0.39, 0.29) is 5.04 Å². The van der Waals surface area contributed by atoms with E-state index in [1.807, 2.05) is 20.8 Å². The van der Waals surface area contributed by atoms with Gasteiger partial charge in [-0.05, 0) is 45.3 Å². The maximum atomic E-state index is 11.4. The standard InChI is InChI=1S/C15H33NO4Si/c1-14(2,3)20-13(18)16-10-9-12(17)11-19-21(7,8)15(4,5)6/h12,17H,9-11H2,1-8H3,(H,16,18). The van der Waals surface area contributed by atoms with Crippen LogP contribution in [0.25, 0.3) is 0 Å². The van der Waals surface area contributed by atoms with Gasteiger partial charge in [-0.3, -0.25) is 0 Å². The summed E-state index contributed by atoms with van der Waals surface area (Å²) in [6, 6.07) is 0. The Kier molecular flexibility index (Phi) is 7.39. The molecular formula is C15H33NO4Si. The Morgan fingerprint density at radius 1 is 1.19 bits per heavy atom. The fourth-order valence-corrected chi connectivity index (χ4v) is 2.30. The highest BCUT2D eigenvalue weighted by Gasteiger charge is 2.37. The van der Waals surface area contributed by atoms with Gasteiger partial charge in [0.25, 0.3) is 0 Å². The zero-order valence-corrected chi connectivity index (χ0v) is 15.9. The fraction of sp³-hybridized carbons (Fsp3) is 0.933. The monoisotopic (exact) mass is 319 g/mol. The number of hydrogen-bond acceptors (Lipinski definition) is 4. The summed E-state index contributed by atoms with van der Waals surface area (Å²) in [5.74, 6) is 0. The fourth-order valence-electron chi connectivity index (χ4n) is 1.26. The summed E-state index contributed by atoms with van der Waals surface area (Å²) in [7, 11) is -1.83. The second kappa shape index (κ2) is 7.60. The number of carbonyl (C=O) groups excluding carboxylic acids is 1. The van der Waals surface area contributed by atoms with Crippen molar-refractivity contribution in [2.24, 2.45) is 0 Å². The molecule has 0 aliphatic heterocycles. The second-order valence-electron chi connectivity index (χ2n) is 7.94. The number of nitrogens with one attached hydrogen (secondary N) is 1. The van der Waals surface area contributed by atoms with Crippen molar-refractivity contribution in [1.29, 1.82) is 0 Å². The lowest BCUT2D eigenvalue weighted by Crippen LogP contribution is -2.43. The van der Waals surface area contributed by atoms with Crippen molar-refractivity contribution in [3.8, 4) is 0 Å². The minimum Gasteiger partial charge on any atom is -0.444 e. The van der Waals surface area contributed by atoms with Crippen LogP contribution >= 0.6 is 0 Å². The van der Waals surface area contributed by atoms with Crippen LogP contribution in [0.4, 0.5) is 4.79 Å². The molecule has 0 aromatic carbocycles. The summed E-state index contributed by atoms with van der Waals surface area (Å²) in [5.41, 5.74) is -0.506. The Bertz CT molecular complexity index is 332. The quantitative estimate of drug-likeness (QED) is 0.737. The molecule has 0 aromatic heterocycles. The Morgan fingerprint density at radius 2 is 1.71 bits per heavy atom. The molecule has 1 amide bonds. The SMILES string of the molecule is CC(C)(C)OC(=O)NCCC(O)CO[Si](C)(C)C(C)(C)C. The predicted molar refractivity (Wildman–Crippen MR) is 88.0 cm³/mol. The van der Waals surface area contributed by atoms with E-state index in [0.717, 1.165) is 0 Å². The smallest absolute Gasteiger partial charge is 0.407 e. The highest BCUT2D eigenvalue weighted by molar-refractivity contribution is 6.74. The van der Waals surface area contributed by atoms with Crippen LogP contribution in [0.3, 0.4) is 0 Å². The van der Waals surface area contributed by atoms with Crippen LogP contribution in [0, 0.1) is 0 Å². The summed E-state index contributed by atoms with van der Waals surface area (Å²) < 4.78 is 11.1. The van der Waals surface area contributed by atoms with E-state index in [4.69, 9.17) is 9.16 Å². The van der Waals surface area contributed by atoms with Gasteiger partial charge in [-0.2, -0.15) is 0 Å². The Labute approximate surface area is 130 Å². The summed E-state index contributed by atoms with van der Waals surface area (Å²) >= 11 is 0. The zero-order valence-electron chi connectivity index (χ0n) is 14.9. The van der Waals surface area contributed by atoms with Crippen LogP contribution in [-0.2, 0) is 9.16 Å². The van der Waals surface area contributed by atoms with Gasteiger partial charge < -0.3 is 19.6 Å². The van der Waals surface area contributed by atoms with Crippen LogP contribution in [0.5, 0.6) is 0 Å². The molecule has 0 heterocycles. The van der Waals surface area contributed by atoms with Crippen molar-refractivity contribution >= 4 is 14.4 Å². The summed E-state index contributed by atoms with van der Waals surface area (Å²) in [6.45, 7) is 16.9. The molecule has 5 nitrogen and oxygen atoms in total. The number of alkyl carbamates (subject to hydrolysis) is 1. The van der Waals surface area contributed by atoms with Crippen molar-refractivity contribution in [2.75, 3.05) is 13.2 Å². The number of hydrogen-bond donors (Lipinski definition) is 2. The van der Waals surface area contributed by atoms with Crippen molar-refractivity contribution in [1.82, 2.24) is 5.32 Å². The molecule has 0 aliphatic rings. The number of amides is 1. The second-order valence-corrected chi connectivity index (χ2v) is 12.8. The third-order valence-electron chi connectivity index (χ3n) is 3.59. The molecular weight excluding hydrogens is 286 g/mol. The highest BCUT2D eigenvalue weighted by atomic mass is 28.4. The van der Waals surface area contributed by atoms with Gasteiger partial charge in [-0.1, -0.05) is 20.8 Å². The third-order valence-corrected chi connectivity index (χ3v) is 8.09. The molecule has 0 bridgehead atoms. The first-order chi connectivity index (χ1) is 9.24. The van der Waals surface area contributed by atoms with Gasteiger partial charge in [-0.25, -0.2) is 4.79 Å². The first-order valence-corrected chi connectivity index (χ1v) is 10.4. The molecule has 0 aromatic rings. The van der Waals surface area contributed by atoms with E-state index in [0.29, 0.717) is 19.6 Å². The van der Waals surface area contributed by atoms with Gasteiger partial charge in [0.1, 0.15) is 5.60 Å². The van der Waals surface area contributed by atoms with Gasteiger partial charge >= 0.3 is 6.09 Å². The number of carbonyl (C=O) groups is 1.